The van der Waals surface area contributed by atoms with E-state index in [1.165, 1.54) is 11.1 Å². The number of hydrogen-bond acceptors (Lipinski definition) is 4. The monoisotopic (exact) mass is 488 g/mol. The van der Waals surface area contributed by atoms with Crippen molar-refractivity contribution >= 4 is 11.8 Å². The molecule has 0 aliphatic carbocycles. The minimum absolute atomic E-state index is 0.0101. The van der Waals surface area contributed by atoms with Crippen LogP contribution in [0.1, 0.15) is 30.9 Å². The summed E-state index contributed by atoms with van der Waals surface area (Å²) >= 11 is 0. The van der Waals surface area contributed by atoms with Gasteiger partial charge in [0.15, 0.2) is 6.10 Å². The number of nitrogens with zero attached hydrogens (tertiary/aromatic N) is 4. The van der Waals surface area contributed by atoms with E-state index in [2.05, 4.69) is 30.2 Å². The van der Waals surface area contributed by atoms with Crippen LogP contribution in [0.15, 0.2) is 73.1 Å². The van der Waals surface area contributed by atoms with E-state index in [-0.39, 0.29) is 24.4 Å². The Kier molecular flexibility index (Phi) is 8.41. The second-order valence-electron chi connectivity index (χ2n) is 9.64. The number of aromatic nitrogens is 2. The highest BCUT2D eigenvalue weighted by Gasteiger charge is 2.34. The summed E-state index contributed by atoms with van der Waals surface area (Å²) in [6, 6.07) is 19.7. The normalized spacial score (nSPS) is 15.8. The summed E-state index contributed by atoms with van der Waals surface area (Å²) < 4.78 is 7.53. The van der Waals surface area contributed by atoms with Crippen LogP contribution >= 0.6 is 0 Å². The quantitative estimate of drug-likeness (QED) is 0.457. The average Bonchev–Trinajstić information content (AvgIpc) is 3.41. The number of amides is 2. The van der Waals surface area contributed by atoms with E-state index in [4.69, 9.17) is 4.74 Å². The third-order valence-electron chi connectivity index (χ3n) is 7.24. The number of likely N-dealkylation sites (N-methyl/N-ethyl adjacent to an activating group) is 1. The molecule has 3 aromatic rings. The van der Waals surface area contributed by atoms with Gasteiger partial charge < -0.3 is 14.5 Å². The molecule has 2 heterocycles. The first-order valence-corrected chi connectivity index (χ1v) is 12.7. The molecule has 7 nitrogen and oxygen atoms in total. The van der Waals surface area contributed by atoms with Crippen molar-refractivity contribution in [3.05, 3.63) is 84.2 Å². The van der Waals surface area contributed by atoms with Gasteiger partial charge >= 0.3 is 0 Å². The lowest BCUT2D eigenvalue weighted by atomic mass is 9.84. The van der Waals surface area contributed by atoms with Gasteiger partial charge in [0.1, 0.15) is 12.3 Å². The van der Waals surface area contributed by atoms with Crippen LogP contribution < -0.4 is 4.74 Å². The maximum absolute atomic E-state index is 13.2. The van der Waals surface area contributed by atoms with Gasteiger partial charge in [0, 0.05) is 38.6 Å². The smallest absolute Gasteiger partial charge is 0.263 e. The van der Waals surface area contributed by atoms with Crippen LogP contribution in [-0.2, 0) is 22.6 Å². The third-order valence-corrected chi connectivity index (χ3v) is 7.24. The topological polar surface area (TPSA) is 67.7 Å². The number of ether oxygens (including phenoxy) is 1. The largest absolute Gasteiger partial charge is 0.481 e. The maximum atomic E-state index is 13.2. The summed E-state index contributed by atoms with van der Waals surface area (Å²) in [6.07, 6.45) is 5.45. The minimum atomic E-state index is -0.537. The van der Waals surface area contributed by atoms with Gasteiger partial charge in [-0.2, -0.15) is 5.10 Å². The summed E-state index contributed by atoms with van der Waals surface area (Å²) in [5, 5.41) is 4.20. The molecule has 1 saturated heterocycles. The molecule has 0 spiro atoms. The van der Waals surface area contributed by atoms with Crippen molar-refractivity contribution < 1.29 is 14.3 Å². The number of carbonyl (C=O) groups excluding carboxylic acids is 2. The molecule has 1 aliphatic heterocycles. The summed E-state index contributed by atoms with van der Waals surface area (Å²) in [5.74, 6) is 1.05. The fourth-order valence-corrected chi connectivity index (χ4v) is 5.03. The van der Waals surface area contributed by atoms with E-state index in [0.717, 1.165) is 19.3 Å². The molecule has 0 bridgehead atoms. The van der Waals surface area contributed by atoms with Gasteiger partial charge in [-0.1, -0.05) is 42.5 Å². The Bertz CT molecular complexity index is 1120. The molecule has 0 N–H and O–H groups in total. The van der Waals surface area contributed by atoms with Crippen molar-refractivity contribution in [2.45, 2.75) is 51.8 Å². The molecule has 0 saturated carbocycles. The van der Waals surface area contributed by atoms with Gasteiger partial charge in [0.05, 0.1) is 0 Å². The Labute approximate surface area is 213 Å². The lowest BCUT2D eigenvalue weighted by molar-refractivity contribution is -0.141. The number of aryl methyl sites for hydroxylation is 1. The molecular formula is C29H36N4O3. The first-order chi connectivity index (χ1) is 17.4. The van der Waals surface area contributed by atoms with E-state index in [1.54, 1.807) is 10.9 Å². The van der Waals surface area contributed by atoms with Gasteiger partial charge in [-0.3, -0.25) is 14.3 Å². The standard InChI is InChI=1S/C29H36N4O3/c1-22-10-7-8-11-25(22)20-27(31(3)28(34)21-33-17-9-16-30-33)24-14-18-32(19-15-24)29(35)23(2)36-26-12-5-4-6-13-26/h4-13,16-17,23-24,27H,14-15,18-21H2,1-3H3/t23-,27-/m0/s1. The molecule has 4 rings (SSSR count). The fourth-order valence-electron chi connectivity index (χ4n) is 5.03. The highest BCUT2D eigenvalue weighted by molar-refractivity contribution is 5.81. The van der Waals surface area contributed by atoms with Crippen molar-refractivity contribution in [2.75, 3.05) is 20.1 Å². The van der Waals surface area contributed by atoms with Crippen LogP contribution in [0.3, 0.4) is 0 Å². The van der Waals surface area contributed by atoms with Crippen LogP contribution in [-0.4, -0.2) is 63.7 Å². The van der Waals surface area contributed by atoms with E-state index in [1.807, 2.05) is 72.4 Å². The molecule has 1 fully saturated rings. The fraction of sp³-hybridized carbons (Fsp3) is 0.414. The van der Waals surface area contributed by atoms with Crippen LogP contribution in [0.25, 0.3) is 0 Å². The molecule has 2 atom stereocenters. The van der Waals surface area contributed by atoms with E-state index >= 15 is 0 Å². The first kappa shape index (κ1) is 25.5. The molecule has 7 heteroatoms. The van der Waals surface area contributed by atoms with E-state index in [9.17, 15) is 9.59 Å². The average molecular weight is 489 g/mol. The predicted molar refractivity (Wildman–Crippen MR) is 140 cm³/mol. The SMILES string of the molecule is Cc1ccccc1C[C@@H](C1CCN(C(=O)[C@H](C)Oc2ccccc2)CC1)N(C)C(=O)Cn1cccn1. The zero-order valence-electron chi connectivity index (χ0n) is 21.4. The summed E-state index contributed by atoms with van der Waals surface area (Å²) in [4.78, 5) is 30.1. The molecule has 2 amide bonds. The van der Waals surface area contributed by atoms with Crippen LogP contribution in [0.2, 0.25) is 0 Å². The van der Waals surface area contributed by atoms with Gasteiger partial charge in [0.25, 0.3) is 5.91 Å². The van der Waals surface area contributed by atoms with Crippen molar-refractivity contribution in [3.63, 3.8) is 0 Å². The van der Waals surface area contributed by atoms with Crippen molar-refractivity contribution in [1.82, 2.24) is 19.6 Å². The summed E-state index contributed by atoms with van der Waals surface area (Å²) in [6.45, 7) is 5.48. The Morgan fingerprint density at radius 2 is 1.75 bits per heavy atom. The highest BCUT2D eigenvalue weighted by atomic mass is 16.5. The van der Waals surface area contributed by atoms with Crippen molar-refractivity contribution in [2.24, 2.45) is 5.92 Å². The van der Waals surface area contributed by atoms with Crippen molar-refractivity contribution in [3.8, 4) is 5.75 Å². The molecule has 0 radical (unpaired) electrons. The maximum Gasteiger partial charge on any atom is 0.263 e. The molecule has 1 aromatic heterocycles. The van der Waals surface area contributed by atoms with Gasteiger partial charge in [-0.05, 0) is 68.4 Å². The zero-order valence-corrected chi connectivity index (χ0v) is 21.4. The molecule has 2 aromatic carbocycles. The molecular weight excluding hydrogens is 452 g/mol. The highest BCUT2D eigenvalue weighted by Crippen LogP contribution is 2.28. The zero-order chi connectivity index (χ0) is 25.5. The van der Waals surface area contributed by atoms with Crippen molar-refractivity contribution in [1.29, 1.82) is 0 Å². The number of carbonyl (C=O) groups is 2. The summed E-state index contributed by atoms with van der Waals surface area (Å²) in [5.41, 5.74) is 2.49. The lowest BCUT2D eigenvalue weighted by Crippen LogP contribution is -2.50. The molecule has 36 heavy (non-hydrogen) atoms. The number of likely N-dealkylation sites (tertiary alicyclic amines) is 1. The first-order valence-electron chi connectivity index (χ1n) is 12.7. The predicted octanol–water partition coefficient (Wildman–Crippen LogP) is 3.97. The minimum Gasteiger partial charge on any atom is -0.481 e. The Morgan fingerprint density at radius 1 is 1.06 bits per heavy atom. The second-order valence-corrected chi connectivity index (χ2v) is 9.64. The van der Waals surface area contributed by atoms with Crippen LogP contribution in [0.5, 0.6) is 5.75 Å². The van der Waals surface area contributed by atoms with Gasteiger partial charge in [0.2, 0.25) is 5.91 Å². The van der Waals surface area contributed by atoms with E-state index in [0.29, 0.717) is 24.8 Å². The molecule has 1 aliphatic rings. The Hall–Kier alpha value is -3.61. The molecule has 190 valence electrons. The number of benzene rings is 2. The number of rotatable bonds is 9. The van der Waals surface area contributed by atoms with E-state index < -0.39 is 6.10 Å². The second kappa shape index (κ2) is 11.9. The lowest BCUT2D eigenvalue weighted by Gasteiger charge is -2.40. The van der Waals surface area contributed by atoms with Gasteiger partial charge in [-0.25, -0.2) is 0 Å². The summed E-state index contributed by atoms with van der Waals surface area (Å²) in [7, 11) is 1.90. The third kappa shape index (κ3) is 6.33. The number of piperidine rings is 1. The Balaban J connectivity index is 1.42. The number of hydrogen-bond donors (Lipinski definition) is 0. The van der Waals surface area contributed by atoms with Crippen LogP contribution in [0.4, 0.5) is 0 Å². The molecule has 0 unspecified atom stereocenters. The number of para-hydroxylation sites is 1. The van der Waals surface area contributed by atoms with Gasteiger partial charge in [-0.15, -0.1) is 0 Å². The van der Waals surface area contributed by atoms with Crippen LogP contribution in [0, 0.1) is 12.8 Å². The Morgan fingerprint density at radius 3 is 2.42 bits per heavy atom.